The maximum Gasteiger partial charge on any atom is 0.453 e. The molecule has 0 heterocycles. The SMILES string of the molecule is FC(F)(F)C(F)(F)CCCCCCI. The van der Waals surface area contributed by atoms with Crippen molar-refractivity contribution in [1.82, 2.24) is 0 Å². The first-order valence-corrected chi connectivity index (χ1v) is 5.84. The van der Waals surface area contributed by atoms with Crippen LogP contribution in [-0.4, -0.2) is 16.5 Å². The molecule has 0 aromatic rings. The molecule has 6 heteroatoms. The molecule has 0 saturated carbocycles. The van der Waals surface area contributed by atoms with Crippen molar-refractivity contribution in [3.8, 4) is 0 Å². The number of rotatable bonds is 6. The van der Waals surface area contributed by atoms with E-state index in [1.165, 1.54) is 0 Å². The maximum absolute atomic E-state index is 12.3. The Bertz CT molecular complexity index is 154. The maximum atomic E-state index is 12.3. The molecule has 14 heavy (non-hydrogen) atoms. The molecule has 0 aromatic heterocycles. The summed E-state index contributed by atoms with van der Waals surface area (Å²) >= 11 is 2.14. The van der Waals surface area contributed by atoms with Crippen LogP contribution in [0.15, 0.2) is 0 Å². The van der Waals surface area contributed by atoms with Gasteiger partial charge >= 0.3 is 12.1 Å². The predicted octanol–water partition coefficient (Wildman–Crippen LogP) is 4.57. The second kappa shape index (κ2) is 6.07. The number of halogens is 6. The molecular weight excluding hydrogens is 318 g/mol. The molecule has 0 fully saturated rings. The molecule has 0 aliphatic heterocycles. The standard InChI is InChI=1S/C8H12F5I/c9-7(10,8(11,12)13)5-3-1-2-4-6-14/h1-6H2. The highest BCUT2D eigenvalue weighted by Gasteiger charge is 2.56. The Morgan fingerprint density at radius 3 is 1.71 bits per heavy atom. The van der Waals surface area contributed by atoms with E-state index in [1.807, 2.05) is 0 Å². The third-order valence-corrected chi connectivity index (χ3v) is 2.55. The van der Waals surface area contributed by atoms with Crippen molar-refractivity contribution in [3.05, 3.63) is 0 Å². The molecule has 0 aromatic carbocycles. The summed E-state index contributed by atoms with van der Waals surface area (Å²) in [6.07, 6.45) is -4.51. The van der Waals surface area contributed by atoms with Crippen molar-refractivity contribution in [3.63, 3.8) is 0 Å². The smallest absolute Gasteiger partial charge is 0.196 e. The first-order chi connectivity index (χ1) is 6.31. The summed E-state index contributed by atoms with van der Waals surface area (Å²) in [4.78, 5) is 0. The zero-order valence-electron chi connectivity index (χ0n) is 7.51. The molecule has 0 radical (unpaired) electrons. The van der Waals surface area contributed by atoms with E-state index in [-0.39, 0.29) is 6.42 Å². The molecule has 0 N–H and O–H groups in total. The molecule has 0 aliphatic rings. The van der Waals surface area contributed by atoms with E-state index < -0.39 is 18.5 Å². The van der Waals surface area contributed by atoms with E-state index in [1.54, 1.807) is 0 Å². The van der Waals surface area contributed by atoms with Gasteiger partial charge in [0.2, 0.25) is 0 Å². The lowest BCUT2D eigenvalue weighted by Gasteiger charge is -2.19. The fraction of sp³-hybridized carbons (Fsp3) is 1.00. The third kappa shape index (κ3) is 5.31. The zero-order valence-corrected chi connectivity index (χ0v) is 9.67. The van der Waals surface area contributed by atoms with Gasteiger partial charge in [-0.3, -0.25) is 0 Å². The van der Waals surface area contributed by atoms with Crippen molar-refractivity contribution >= 4 is 22.6 Å². The third-order valence-electron chi connectivity index (χ3n) is 1.79. The van der Waals surface area contributed by atoms with Gasteiger partial charge in [-0.2, -0.15) is 22.0 Å². The van der Waals surface area contributed by atoms with Gasteiger partial charge in [-0.1, -0.05) is 35.4 Å². The van der Waals surface area contributed by atoms with Gasteiger partial charge in [0, 0.05) is 6.42 Å². The Hall–Kier alpha value is 0.380. The lowest BCUT2D eigenvalue weighted by Crippen LogP contribution is -2.36. The van der Waals surface area contributed by atoms with Crippen molar-refractivity contribution in [2.75, 3.05) is 4.43 Å². The van der Waals surface area contributed by atoms with Crippen LogP contribution in [0.5, 0.6) is 0 Å². The van der Waals surface area contributed by atoms with Crippen LogP contribution in [-0.2, 0) is 0 Å². The second-order valence-corrected chi connectivity index (χ2v) is 4.13. The molecule has 0 amide bonds. The van der Waals surface area contributed by atoms with E-state index in [9.17, 15) is 22.0 Å². The van der Waals surface area contributed by atoms with Gasteiger partial charge in [0.05, 0.1) is 0 Å². The largest absolute Gasteiger partial charge is 0.453 e. The lowest BCUT2D eigenvalue weighted by molar-refractivity contribution is -0.284. The summed E-state index contributed by atoms with van der Waals surface area (Å²) < 4.78 is 60.5. The molecule has 0 spiro atoms. The van der Waals surface area contributed by atoms with E-state index in [0.29, 0.717) is 6.42 Å². The van der Waals surface area contributed by atoms with Crippen molar-refractivity contribution < 1.29 is 22.0 Å². The van der Waals surface area contributed by atoms with Crippen LogP contribution in [0, 0.1) is 0 Å². The van der Waals surface area contributed by atoms with E-state index in [2.05, 4.69) is 22.6 Å². The first kappa shape index (κ1) is 14.4. The number of unbranched alkanes of at least 4 members (excludes halogenated alkanes) is 3. The normalized spacial score (nSPS) is 13.3. The molecular formula is C8H12F5I. The Morgan fingerprint density at radius 2 is 1.29 bits per heavy atom. The zero-order chi connectivity index (χ0) is 11.2. The van der Waals surface area contributed by atoms with Crippen molar-refractivity contribution in [2.45, 2.75) is 44.2 Å². The number of hydrogen-bond acceptors (Lipinski definition) is 0. The lowest BCUT2D eigenvalue weighted by atomic mass is 10.1. The first-order valence-electron chi connectivity index (χ1n) is 4.32. The van der Waals surface area contributed by atoms with Gasteiger partial charge in [0.25, 0.3) is 0 Å². The summed E-state index contributed by atoms with van der Waals surface area (Å²) in [7, 11) is 0. The van der Waals surface area contributed by atoms with Crippen molar-refractivity contribution in [1.29, 1.82) is 0 Å². The van der Waals surface area contributed by atoms with Gasteiger partial charge in [0.1, 0.15) is 0 Å². The number of hydrogen-bond donors (Lipinski definition) is 0. The highest BCUT2D eigenvalue weighted by molar-refractivity contribution is 14.1. The molecule has 0 unspecified atom stereocenters. The molecule has 0 aliphatic carbocycles. The fourth-order valence-corrected chi connectivity index (χ4v) is 1.48. The van der Waals surface area contributed by atoms with Crippen LogP contribution in [0.25, 0.3) is 0 Å². The topological polar surface area (TPSA) is 0 Å². The van der Waals surface area contributed by atoms with Gasteiger partial charge in [0.15, 0.2) is 0 Å². The summed E-state index contributed by atoms with van der Waals surface area (Å²) in [5, 5.41) is 0. The molecule has 0 rings (SSSR count). The Morgan fingerprint density at radius 1 is 0.786 bits per heavy atom. The van der Waals surface area contributed by atoms with Crippen LogP contribution in [0.4, 0.5) is 22.0 Å². The van der Waals surface area contributed by atoms with Crippen LogP contribution >= 0.6 is 22.6 Å². The minimum absolute atomic E-state index is 0.0663. The van der Waals surface area contributed by atoms with E-state index >= 15 is 0 Å². The van der Waals surface area contributed by atoms with Gasteiger partial charge < -0.3 is 0 Å². The van der Waals surface area contributed by atoms with Gasteiger partial charge in [-0.05, 0) is 17.3 Å². The molecule has 0 nitrogen and oxygen atoms in total. The highest BCUT2D eigenvalue weighted by Crippen LogP contribution is 2.39. The fourth-order valence-electron chi connectivity index (χ4n) is 0.937. The van der Waals surface area contributed by atoms with Crippen LogP contribution < -0.4 is 0 Å². The summed E-state index contributed by atoms with van der Waals surface area (Å²) in [6.45, 7) is 0. The molecule has 86 valence electrons. The Kier molecular flexibility index (Phi) is 6.24. The summed E-state index contributed by atoms with van der Waals surface area (Å²) in [5.74, 6) is -4.52. The molecule has 0 saturated heterocycles. The van der Waals surface area contributed by atoms with Crippen LogP contribution in [0.3, 0.4) is 0 Å². The average Bonchev–Trinajstić information content (AvgIpc) is 2.02. The number of alkyl halides is 6. The predicted molar refractivity (Wildman–Crippen MR) is 53.0 cm³/mol. The van der Waals surface area contributed by atoms with Crippen molar-refractivity contribution in [2.24, 2.45) is 0 Å². The van der Waals surface area contributed by atoms with E-state index in [4.69, 9.17) is 0 Å². The van der Waals surface area contributed by atoms with Gasteiger partial charge in [-0.15, -0.1) is 0 Å². The summed E-state index contributed by atoms with van der Waals surface area (Å²) in [6, 6.07) is 0. The Labute approximate surface area is 93.4 Å². The highest BCUT2D eigenvalue weighted by atomic mass is 127. The van der Waals surface area contributed by atoms with E-state index in [0.717, 1.165) is 17.3 Å². The van der Waals surface area contributed by atoms with Crippen LogP contribution in [0.2, 0.25) is 0 Å². The monoisotopic (exact) mass is 330 g/mol. The average molecular weight is 330 g/mol. The second-order valence-electron chi connectivity index (χ2n) is 3.06. The molecule has 0 bridgehead atoms. The summed E-state index contributed by atoms with van der Waals surface area (Å²) in [5.41, 5.74) is 0. The minimum atomic E-state index is -5.39. The van der Waals surface area contributed by atoms with Crippen LogP contribution in [0.1, 0.15) is 32.1 Å². The molecule has 0 atom stereocenters. The Balaban J connectivity index is 3.67. The minimum Gasteiger partial charge on any atom is -0.196 e. The quantitative estimate of drug-likeness (QED) is 0.290. The van der Waals surface area contributed by atoms with Gasteiger partial charge in [-0.25, -0.2) is 0 Å².